The summed E-state index contributed by atoms with van der Waals surface area (Å²) < 4.78 is 32.8. The largest absolute Gasteiger partial charge is 0.496 e. The first-order valence-electron chi connectivity index (χ1n) is 6.98. The molecule has 0 aliphatic heterocycles. The molecule has 118 valence electrons. The lowest BCUT2D eigenvalue weighted by Gasteiger charge is -2.11. The van der Waals surface area contributed by atoms with Gasteiger partial charge in [0.15, 0.2) is 0 Å². The minimum Gasteiger partial charge on any atom is -0.496 e. The molecule has 1 aliphatic rings. The number of sulfonamides is 1. The van der Waals surface area contributed by atoms with E-state index in [4.69, 9.17) is 4.74 Å². The molecule has 1 aromatic carbocycles. The number of methoxy groups -OCH3 is 1. The topological polar surface area (TPSA) is 55.4 Å². The van der Waals surface area contributed by atoms with E-state index in [9.17, 15) is 8.42 Å². The number of rotatable bonds is 7. The van der Waals surface area contributed by atoms with E-state index >= 15 is 0 Å². The predicted octanol–water partition coefficient (Wildman–Crippen LogP) is 3.41. The molecule has 1 aromatic rings. The second-order valence-corrected chi connectivity index (χ2v) is 9.00. The lowest BCUT2D eigenvalue weighted by atomic mass is 10.3. The maximum atomic E-state index is 12.2. The Morgan fingerprint density at radius 3 is 2.71 bits per heavy atom. The zero-order chi connectivity index (χ0) is 15.3. The third kappa shape index (κ3) is 4.87. The van der Waals surface area contributed by atoms with Gasteiger partial charge in [-0.3, -0.25) is 0 Å². The highest BCUT2D eigenvalue weighted by Gasteiger charge is 2.17. The van der Waals surface area contributed by atoms with E-state index < -0.39 is 10.0 Å². The van der Waals surface area contributed by atoms with Crippen molar-refractivity contribution in [3.63, 3.8) is 0 Å². The third-order valence-corrected chi connectivity index (χ3v) is 6.94. The smallest absolute Gasteiger partial charge is 0.240 e. The van der Waals surface area contributed by atoms with Crippen LogP contribution in [0.25, 0.3) is 0 Å². The lowest BCUT2D eigenvalue weighted by Crippen LogP contribution is -2.26. The molecule has 0 amide bonds. The molecule has 1 aliphatic carbocycles. The van der Waals surface area contributed by atoms with E-state index in [1.165, 1.54) is 25.7 Å². The Morgan fingerprint density at radius 2 is 2.10 bits per heavy atom. The summed E-state index contributed by atoms with van der Waals surface area (Å²) >= 11 is 5.18. The molecule has 1 N–H and O–H groups in total. The number of hydrogen-bond donors (Lipinski definition) is 1. The van der Waals surface area contributed by atoms with Crippen LogP contribution in [0.15, 0.2) is 27.6 Å². The predicted molar refractivity (Wildman–Crippen MR) is 90.6 cm³/mol. The average Bonchev–Trinajstić information content (AvgIpc) is 2.97. The van der Waals surface area contributed by atoms with Crippen LogP contribution in [0.1, 0.15) is 25.7 Å². The molecule has 0 unspecified atom stereocenters. The van der Waals surface area contributed by atoms with Gasteiger partial charge in [-0.05, 0) is 47.0 Å². The van der Waals surface area contributed by atoms with Crippen LogP contribution in [0.5, 0.6) is 5.75 Å². The summed E-state index contributed by atoms with van der Waals surface area (Å²) in [7, 11) is -1.90. The maximum Gasteiger partial charge on any atom is 0.240 e. The van der Waals surface area contributed by atoms with E-state index in [2.05, 4.69) is 20.7 Å². The fourth-order valence-electron chi connectivity index (χ4n) is 2.35. The van der Waals surface area contributed by atoms with Crippen LogP contribution in [0.2, 0.25) is 0 Å². The molecule has 0 heterocycles. The monoisotopic (exact) mass is 393 g/mol. The van der Waals surface area contributed by atoms with Crippen LogP contribution in [0, 0.1) is 0 Å². The Morgan fingerprint density at radius 1 is 1.38 bits per heavy atom. The molecule has 4 nitrogen and oxygen atoms in total. The highest BCUT2D eigenvalue weighted by Crippen LogP contribution is 2.29. The molecule has 2 rings (SSSR count). The number of hydrogen-bond acceptors (Lipinski definition) is 4. The van der Waals surface area contributed by atoms with Gasteiger partial charge in [0, 0.05) is 17.5 Å². The SMILES string of the molecule is COc1ccc(S(=O)(=O)NCCSC2CCCC2)cc1Br. The first-order chi connectivity index (χ1) is 10.0. The summed E-state index contributed by atoms with van der Waals surface area (Å²) in [6.45, 7) is 0.465. The normalized spacial score (nSPS) is 16.3. The maximum absolute atomic E-state index is 12.2. The number of ether oxygens (including phenoxy) is 1. The number of benzene rings is 1. The highest BCUT2D eigenvalue weighted by molar-refractivity contribution is 9.10. The van der Waals surface area contributed by atoms with Crippen molar-refractivity contribution >= 4 is 37.7 Å². The van der Waals surface area contributed by atoms with Crippen LogP contribution < -0.4 is 9.46 Å². The number of halogens is 1. The molecule has 1 fully saturated rings. The van der Waals surface area contributed by atoms with Gasteiger partial charge in [0.25, 0.3) is 0 Å². The van der Waals surface area contributed by atoms with Crippen LogP contribution in [0.3, 0.4) is 0 Å². The summed E-state index contributed by atoms with van der Waals surface area (Å²) in [5, 5.41) is 0.713. The van der Waals surface area contributed by atoms with Crippen molar-refractivity contribution in [2.75, 3.05) is 19.4 Å². The summed E-state index contributed by atoms with van der Waals surface area (Å²) in [4.78, 5) is 0.251. The molecule has 0 saturated heterocycles. The van der Waals surface area contributed by atoms with Crippen LogP contribution in [-0.2, 0) is 10.0 Å². The second kappa shape index (κ2) is 7.85. The highest BCUT2D eigenvalue weighted by atomic mass is 79.9. The van der Waals surface area contributed by atoms with E-state index in [-0.39, 0.29) is 4.90 Å². The average molecular weight is 394 g/mol. The Kier molecular flexibility index (Phi) is 6.40. The van der Waals surface area contributed by atoms with Gasteiger partial charge in [0.1, 0.15) is 5.75 Å². The molecule has 0 spiro atoms. The summed E-state index contributed by atoms with van der Waals surface area (Å²) in [6, 6.07) is 4.76. The van der Waals surface area contributed by atoms with Crippen molar-refractivity contribution < 1.29 is 13.2 Å². The molecule has 21 heavy (non-hydrogen) atoms. The number of thioether (sulfide) groups is 1. The number of nitrogens with one attached hydrogen (secondary N) is 1. The molecule has 0 atom stereocenters. The van der Waals surface area contributed by atoms with E-state index in [1.807, 2.05) is 11.8 Å². The van der Waals surface area contributed by atoms with Gasteiger partial charge in [-0.2, -0.15) is 11.8 Å². The Balaban J connectivity index is 1.87. The van der Waals surface area contributed by atoms with Gasteiger partial charge in [0.05, 0.1) is 16.5 Å². The van der Waals surface area contributed by atoms with Crippen molar-refractivity contribution in [2.24, 2.45) is 0 Å². The van der Waals surface area contributed by atoms with Crippen molar-refractivity contribution in [3.8, 4) is 5.75 Å². The van der Waals surface area contributed by atoms with Gasteiger partial charge in [-0.15, -0.1) is 0 Å². The fourth-order valence-corrected chi connectivity index (χ4v) is 5.45. The van der Waals surface area contributed by atoms with Gasteiger partial charge < -0.3 is 4.74 Å². The molecular weight excluding hydrogens is 374 g/mol. The quantitative estimate of drug-likeness (QED) is 0.721. The zero-order valence-electron chi connectivity index (χ0n) is 12.0. The minimum absolute atomic E-state index is 0.251. The molecule has 7 heteroatoms. The van der Waals surface area contributed by atoms with Gasteiger partial charge in [0.2, 0.25) is 10.0 Å². The Hall–Kier alpha value is -0.240. The van der Waals surface area contributed by atoms with Crippen LogP contribution in [0.4, 0.5) is 0 Å². The van der Waals surface area contributed by atoms with E-state index in [0.29, 0.717) is 22.0 Å². The van der Waals surface area contributed by atoms with Crippen LogP contribution >= 0.6 is 27.7 Å². The zero-order valence-corrected chi connectivity index (χ0v) is 15.2. The minimum atomic E-state index is -3.45. The molecule has 0 bridgehead atoms. The molecule has 0 aromatic heterocycles. The molecular formula is C14H20BrNO3S2. The van der Waals surface area contributed by atoms with E-state index in [1.54, 1.807) is 25.3 Å². The Labute approximate surface area is 139 Å². The first kappa shape index (κ1) is 17.1. The van der Waals surface area contributed by atoms with Gasteiger partial charge in [-0.25, -0.2) is 13.1 Å². The third-order valence-electron chi connectivity index (χ3n) is 3.48. The van der Waals surface area contributed by atoms with E-state index in [0.717, 1.165) is 5.75 Å². The fraction of sp³-hybridized carbons (Fsp3) is 0.571. The lowest BCUT2D eigenvalue weighted by molar-refractivity contribution is 0.411. The second-order valence-electron chi connectivity index (χ2n) is 4.97. The first-order valence-corrected chi connectivity index (χ1v) is 10.3. The molecule has 1 saturated carbocycles. The standard InChI is InChI=1S/C14H20BrNO3S2/c1-19-14-7-6-12(10-13(14)15)21(17,18)16-8-9-20-11-4-2-3-5-11/h6-7,10-11,16H,2-5,8-9H2,1H3. The van der Waals surface area contributed by atoms with Crippen molar-refractivity contribution in [1.29, 1.82) is 0 Å². The van der Waals surface area contributed by atoms with Crippen molar-refractivity contribution in [3.05, 3.63) is 22.7 Å². The van der Waals surface area contributed by atoms with Crippen molar-refractivity contribution in [1.82, 2.24) is 4.72 Å². The van der Waals surface area contributed by atoms with Gasteiger partial charge >= 0.3 is 0 Å². The summed E-state index contributed by atoms with van der Waals surface area (Å²) in [5.74, 6) is 1.44. The summed E-state index contributed by atoms with van der Waals surface area (Å²) in [5.41, 5.74) is 0. The van der Waals surface area contributed by atoms with Crippen molar-refractivity contribution in [2.45, 2.75) is 35.8 Å². The Bertz CT molecular complexity index is 572. The summed E-state index contributed by atoms with van der Waals surface area (Å²) in [6.07, 6.45) is 5.15. The molecule has 0 radical (unpaired) electrons. The van der Waals surface area contributed by atoms with Gasteiger partial charge in [-0.1, -0.05) is 12.8 Å². The van der Waals surface area contributed by atoms with Crippen LogP contribution in [-0.4, -0.2) is 33.1 Å².